The summed E-state index contributed by atoms with van der Waals surface area (Å²) in [6.07, 6.45) is 0.820. The fourth-order valence-electron chi connectivity index (χ4n) is 2.45. The summed E-state index contributed by atoms with van der Waals surface area (Å²) in [7, 11) is 0. The zero-order valence-electron chi connectivity index (χ0n) is 15.6. The van der Waals surface area contributed by atoms with Crippen LogP contribution in [-0.4, -0.2) is 29.5 Å². The molecular weight excluding hydrogens is 362 g/mol. The molecule has 2 aromatic carbocycles. The predicted octanol–water partition coefficient (Wildman–Crippen LogP) is 3.74. The second-order valence-electron chi connectivity index (χ2n) is 6.27. The molecule has 2 aromatic rings. The molecule has 0 radical (unpaired) electrons. The van der Waals surface area contributed by atoms with Crippen molar-refractivity contribution < 1.29 is 24.0 Å². The van der Waals surface area contributed by atoms with Gasteiger partial charge in [0.15, 0.2) is 0 Å². The SMILES string of the molecule is CC(C)OC(=O)/C(=C/[C@@H](C[N+](=O)[O-])c1ccccc1)OC(=O)c1ccccc1. The van der Waals surface area contributed by atoms with Gasteiger partial charge in [0.2, 0.25) is 12.3 Å². The Morgan fingerprint density at radius 2 is 1.61 bits per heavy atom. The molecule has 0 aliphatic heterocycles. The fourth-order valence-corrected chi connectivity index (χ4v) is 2.45. The molecular formula is C21H21NO6. The molecule has 0 bridgehead atoms. The first-order chi connectivity index (χ1) is 13.4. The average molecular weight is 383 g/mol. The molecule has 7 heteroatoms. The minimum Gasteiger partial charge on any atom is -0.457 e. The van der Waals surface area contributed by atoms with Crippen molar-refractivity contribution in [2.45, 2.75) is 25.9 Å². The minimum atomic E-state index is -0.858. The van der Waals surface area contributed by atoms with E-state index in [4.69, 9.17) is 9.47 Å². The first-order valence-electron chi connectivity index (χ1n) is 8.73. The Hall–Kier alpha value is -3.48. The number of nitrogens with zero attached hydrogens (tertiary/aromatic N) is 1. The molecule has 0 unspecified atom stereocenters. The van der Waals surface area contributed by atoms with Crippen LogP contribution in [-0.2, 0) is 14.3 Å². The molecule has 2 rings (SSSR count). The van der Waals surface area contributed by atoms with Gasteiger partial charge < -0.3 is 9.47 Å². The number of esters is 2. The van der Waals surface area contributed by atoms with Crippen molar-refractivity contribution in [3.05, 3.63) is 93.7 Å². The predicted molar refractivity (Wildman–Crippen MR) is 102 cm³/mol. The lowest BCUT2D eigenvalue weighted by atomic mass is 9.98. The van der Waals surface area contributed by atoms with Crippen molar-refractivity contribution in [3.8, 4) is 0 Å². The van der Waals surface area contributed by atoms with E-state index >= 15 is 0 Å². The Morgan fingerprint density at radius 3 is 2.14 bits per heavy atom. The quantitative estimate of drug-likeness (QED) is 0.227. The van der Waals surface area contributed by atoms with E-state index in [9.17, 15) is 19.7 Å². The summed E-state index contributed by atoms with van der Waals surface area (Å²) in [5.74, 6) is -2.75. The highest BCUT2D eigenvalue weighted by atomic mass is 16.6. The molecule has 0 spiro atoms. The highest BCUT2D eigenvalue weighted by Gasteiger charge is 2.24. The Kier molecular flexibility index (Phi) is 7.45. The summed E-state index contributed by atoms with van der Waals surface area (Å²) in [5.41, 5.74) is 0.862. The summed E-state index contributed by atoms with van der Waals surface area (Å²) >= 11 is 0. The van der Waals surface area contributed by atoms with Crippen molar-refractivity contribution in [1.82, 2.24) is 0 Å². The van der Waals surface area contributed by atoms with E-state index in [1.807, 2.05) is 0 Å². The summed E-state index contributed by atoms with van der Waals surface area (Å²) in [6.45, 7) is 2.84. The molecule has 1 atom stereocenters. The van der Waals surface area contributed by atoms with E-state index in [1.165, 1.54) is 6.08 Å². The molecule has 28 heavy (non-hydrogen) atoms. The van der Waals surface area contributed by atoms with Gasteiger partial charge in [-0.05, 0) is 37.6 Å². The Balaban J connectivity index is 2.38. The molecule has 0 saturated carbocycles. The molecule has 7 nitrogen and oxygen atoms in total. The third-order valence-electron chi connectivity index (χ3n) is 3.68. The maximum absolute atomic E-state index is 12.4. The number of benzene rings is 2. The van der Waals surface area contributed by atoms with E-state index in [0.29, 0.717) is 5.56 Å². The van der Waals surface area contributed by atoms with Crippen LogP contribution >= 0.6 is 0 Å². The van der Waals surface area contributed by atoms with Crippen LogP contribution in [0, 0.1) is 10.1 Å². The largest absolute Gasteiger partial charge is 0.457 e. The second kappa shape index (κ2) is 10.0. The standard InChI is InChI=1S/C21H21NO6/c1-15(2)27-21(24)19(28-20(23)17-11-7-4-8-12-17)13-18(14-22(25)26)16-9-5-3-6-10-16/h3-13,15,18H,14H2,1-2H3/b19-13-/t18-/m0/s1. The van der Waals surface area contributed by atoms with Gasteiger partial charge in [0, 0.05) is 4.92 Å². The summed E-state index contributed by atoms with van der Waals surface area (Å²) in [4.78, 5) is 35.4. The number of hydrogen-bond acceptors (Lipinski definition) is 6. The number of ether oxygens (including phenoxy) is 2. The molecule has 0 heterocycles. The summed E-state index contributed by atoms with van der Waals surface area (Å²) in [6, 6.07) is 16.8. The molecule has 0 saturated heterocycles. The van der Waals surface area contributed by atoms with Crippen LogP contribution < -0.4 is 0 Å². The van der Waals surface area contributed by atoms with Crippen molar-refractivity contribution in [3.63, 3.8) is 0 Å². The van der Waals surface area contributed by atoms with Crippen LogP contribution in [0.5, 0.6) is 0 Å². The number of carbonyl (C=O) groups excluding carboxylic acids is 2. The first kappa shape index (κ1) is 20.8. The van der Waals surface area contributed by atoms with E-state index in [0.717, 1.165) is 0 Å². The first-order valence-corrected chi connectivity index (χ1v) is 8.73. The number of rotatable bonds is 8. The van der Waals surface area contributed by atoms with Crippen LogP contribution in [0.3, 0.4) is 0 Å². The van der Waals surface area contributed by atoms with Gasteiger partial charge in [-0.3, -0.25) is 10.1 Å². The Bertz CT molecular complexity index is 846. The van der Waals surface area contributed by atoms with Crippen LogP contribution in [0.25, 0.3) is 0 Å². The third kappa shape index (κ3) is 6.35. The lowest BCUT2D eigenvalue weighted by molar-refractivity contribution is -0.481. The topological polar surface area (TPSA) is 95.7 Å². The fraction of sp³-hybridized carbons (Fsp3) is 0.238. The van der Waals surface area contributed by atoms with E-state index in [1.54, 1.807) is 74.5 Å². The molecule has 146 valence electrons. The Labute approximate surface area is 162 Å². The van der Waals surface area contributed by atoms with Crippen LogP contribution in [0.4, 0.5) is 0 Å². The average Bonchev–Trinajstić information content (AvgIpc) is 2.67. The highest BCUT2D eigenvalue weighted by Crippen LogP contribution is 2.21. The number of nitro groups is 1. The summed E-state index contributed by atoms with van der Waals surface area (Å²) in [5, 5.41) is 11.1. The summed E-state index contributed by atoms with van der Waals surface area (Å²) < 4.78 is 10.4. The van der Waals surface area contributed by atoms with Gasteiger partial charge in [-0.15, -0.1) is 0 Å². The molecule has 0 aliphatic carbocycles. The van der Waals surface area contributed by atoms with E-state index < -0.39 is 35.4 Å². The van der Waals surface area contributed by atoms with Crippen LogP contribution in [0.15, 0.2) is 72.5 Å². The smallest absolute Gasteiger partial charge is 0.374 e. The van der Waals surface area contributed by atoms with E-state index in [-0.39, 0.29) is 11.3 Å². The van der Waals surface area contributed by atoms with Crippen LogP contribution in [0.2, 0.25) is 0 Å². The van der Waals surface area contributed by atoms with Gasteiger partial charge in [0.25, 0.3) is 0 Å². The second-order valence-corrected chi connectivity index (χ2v) is 6.27. The van der Waals surface area contributed by atoms with Gasteiger partial charge in [-0.1, -0.05) is 48.5 Å². The van der Waals surface area contributed by atoms with Crippen molar-refractivity contribution in [2.24, 2.45) is 0 Å². The number of carbonyl (C=O) groups is 2. The highest BCUT2D eigenvalue weighted by molar-refractivity contribution is 5.95. The van der Waals surface area contributed by atoms with Crippen molar-refractivity contribution in [1.29, 1.82) is 0 Å². The molecule has 0 N–H and O–H groups in total. The zero-order chi connectivity index (χ0) is 20.5. The van der Waals surface area contributed by atoms with Gasteiger partial charge in [-0.2, -0.15) is 0 Å². The zero-order valence-corrected chi connectivity index (χ0v) is 15.6. The van der Waals surface area contributed by atoms with Gasteiger partial charge in [0.1, 0.15) is 0 Å². The van der Waals surface area contributed by atoms with E-state index in [2.05, 4.69) is 0 Å². The minimum absolute atomic E-state index is 0.247. The molecule has 0 amide bonds. The van der Waals surface area contributed by atoms with Crippen LogP contribution in [0.1, 0.15) is 35.7 Å². The monoisotopic (exact) mass is 383 g/mol. The molecule has 0 fully saturated rings. The Morgan fingerprint density at radius 1 is 1.04 bits per heavy atom. The molecule has 0 aromatic heterocycles. The maximum Gasteiger partial charge on any atom is 0.374 e. The van der Waals surface area contributed by atoms with Gasteiger partial charge in [0.05, 0.1) is 17.6 Å². The van der Waals surface area contributed by atoms with Crippen molar-refractivity contribution >= 4 is 11.9 Å². The maximum atomic E-state index is 12.4. The molecule has 0 aliphatic rings. The third-order valence-corrected chi connectivity index (χ3v) is 3.68. The normalized spacial score (nSPS) is 12.3. The lowest BCUT2D eigenvalue weighted by Crippen LogP contribution is -2.20. The number of hydrogen-bond donors (Lipinski definition) is 0. The lowest BCUT2D eigenvalue weighted by Gasteiger charge is -2.14. The van der Waals surface area contributed by atoms with Crippen molar-refractivity contribution in [2.75, 3.05) is 6.54 Å². The van der Waals surface area contributed by atoms with Gasteiger partial charge in [-0.25, -0.2) is 9.59 Å². The van der Waals surface area contributed by atoms with Gasteiger partial charge >= 0.3 is 11.9 Å².